The number of nitrogens with one attached hydrogen (secondary N) is 2. The van der Waals surface area contributed by atoms with Gasteiger partial charge in [-0.15, -0.1) is 0 Å². The maximum Gasteiger partial charge on any atom is 0.316 e. The summed E-state index contributed by atoms with van der Waals surface area (Å²) in [5, 5.41) is 5.70. The number of nitrogens with two attached hydrogens (primary N) is 1. The van der Waals surface area contributed by atoms with Crippen LogP contribution in [0.2, 0.25) is 0 Å². The number of primary amides is 1. The monoisotopic (exact) mass is 309 g/mol. The second-order valence-corrected chi connectivity index (χ2v) is 4.41. The zero-order chi connectivity index (χ0) is 13.0. The van der Waals surface area contributed by atoms with Gasteiger partial charge in [0.15, 0.2) is 4.67 Å². The highest BCUT2D eigenvalue weighted by molar-refractivity contribution is 9.10. The minimum absolute atomic E-state index is 0.561. The Kier molecular flexibility index (Phi) is 3.88. The lowest BCUT2D eigenvalue weighted by Crippen LogP contribution is -2.19. The Hall–Kier alpha value is -1.95. The Bertz CT molecular complexity index is 554. The topological polar surface area (TPSA) is 80.3 Å². The van der Waals surface area contributed by atoms with Crippen molar-refractivity contribution in [2.75, 3.05) is 10.6 Å². The largest absolute Gasteiger partial charge is 0.452 e. The molecule has 18 heavy (non-hydrogen) atoms. The van der Waals surface area contributed by atoms with Crippen molar-refractivity contribution >= 4 is 33.3 Å². The third kappa shape index (κ3) is 3.53. The number of halogens is 1. The maximum absolute atomic E-state index is 10.7. The molecule has 0 aliphatic heterocycles. The molecule has 94 valence electrons. The molecule has 1 aromatic carbocycles. The van der Waals surface area contributed by atoms with Crippen molar-refractivity contribution in [2.45, 2.75) is 6.54 Å². The van der Waals surface area contributed by atoms with Gasteiger partial charge in [0.2, 0.25) is 0 Å². The number of amides is 2. The minimum Gasteiger partial charge on any atom is -0.452 e. The highest BCUT2D eigenvalue weighted by Gasteiger charge is 2.01. The van der Waals surface area contributed by atoms with Crippen molar-refractivity contribution in [3.05, 3.63) is 46.8 Å². The number of hydrogen-bond acceptors (Lipinski definition) is 3. The average Bonchev–Trinajstić information content (AvgIpc) is 2.72. The summed E-state index contributed by atoms with van der Waals surface area (Å²) in [6.07, 6.45) is 0. The van der Waals surface area contributed by atoms with Crippen molar-refractivity contribution in [3.63, 3.8) is 0 Å². The van der Waals surface area contributed by atoms with E-state index >= 15 is 0 Å². The third-order valence-electron chi connectivity index (χ3n) is 2.23. The molecule has 0 aliphatic rings. The number of anilines is 2. The first-order valence-electron chi connectivity index (χ1n) is 5.28. The van der Waals surface area contributed by atoms with Crippen LogP contribution in [0.15, 0.2) is 45.5 Å². The predicted molar refractivity (Wildman–Crippen MR) is 73.4 cm³/mol. The van der Waals surface area contributed by atoms with Crippen LogP contribution in [0.25, 0.3) is 0 Å². The summed E-state index contributed by atoms with van der Waals surface area (Å²) in [4.78, 5) is 10.7. The van der Waals surface area contributed by atoms with Gasteiger partial charge in [-0.2, -0.15) is 0 Å². The second-order valence-electron chi connectivity index (χ2n) is 3.63. The molecule has 2 amide bonds. The van der Waals surface area contributed by atoms with Gasteiger partial charge in [-0.3, -0.25) is 0 Å². The molecule has 4 N–H and O–H groups in total. The van der Waals surface area contributed by atoms with Gasteiger partial charge in [0.25, 0.3) is 0 Å². The average molecular weight is 310 g/mol. The Morgan fingerprint density at radius 3 is 2.72 bits per heavy atom. The first-order valence-corrected chi connectivity index (χ1v) is 6.07. The number of carbonyl (C=O) groups excluding carboxylic acids is 1. The summed E-state index contributed by atoms with van der Waals surface area (Å²) in [5.41, 5.74) is 6.57. The molecule has 1 aromatic heterocycles. The molecule has 2 rings (SSSR count). The Morgan fingerprint density at radius 1 is 1.28 bits per heavy atom. The standard InChI is InChI=1S/C12H12BrN3O2/c13-11-5-4-10(18-11)7-15-8-2-1-3-9(6-8)16-12(14)17/h1-6,15H,7H2,(H3,14,16,17). The van der Waals surface area contributed by atoms with Crippen LogP contribution in [-0.2, 0) is 6.54 Å². The molecule has 0 radical (unpaired) electrons. The van der Waals surface area contributed by atoms with E-state index in [-0.39, 0.29) is 0 Å². The fourth-order valence-electron chi connectivity index (χ4n) is 1.49. The Labute approximate surface area is 112 Å². The van der Waals surface area contributed by atoms with Crippen LogP contribution >= 0.6 is 15.9 Å². The van der Waals surface area contributed by atoms with E-state index in [1.165, 1.54) is 0 Å². The zero-order valence-electron chi connectivity index (χ0n) is 9.44. The highest BCUT2D eigenvalue weighted by atomic mass is 79.9. The molecule has 0 saturated heterocycles. The number of benzene rings is 1. The lowest BCUT2D eigenvalue weighted by molar-refractivity contribution is 0.259. The number of rotatable bonds is 4. The van der Waals surface area contributed by atoms with Gasteiger partial charge >= 0.3 is 6.03 Å². The van der Waals surface area contributed by atoms with Crippen LogP contribution in [0.5, 0.6) is 0 Å². The third-order valence-corrected chi connectivity index (χ3v) is 2.65. The lowest BCUT2D eigenvalue weighted by atomic mass is 10.2. The summed E-state index contributed by atoms with van der Waals surface area (Å²) in [6, 6.07) is 10.4. The van der Waals surface area contributed by atoms with Crippen LogP contribution in [0.1, 0.15) is 5.76 Å². The molecule has 0 aliphatic carbocycles. The molecule has 0 saturated carbocycles. The molecule has 0 fully saturated rings. The molecule has 0 spiro atoms. The van der Waals surface area contributed by atoms with Crippen LogP contribution < -0.4 is 16.4 Å². The van der Waals surface area contributed by atoms with Crippen LogP contribution in [0.4, 0.5) is 16.2 Å². The fourth-order valence-corrected chi connectivity index (χ4v) is 1.83. The van der Waals surface area contributed by atoms with Gasteiger partial charge in [0.1, 0.15) is 5.76 Å². The lowest BCUT2D eigenvalue weighted by Gasteiger charge is -2.07. The Balaban J connectivity index is 1.98. The molecule has 0 atom stereocenters. The van der Waals surface area contributed by atoms with Crippen LogP contribution in [0, 0.1) is 0 Å². The second kappa shape index (κ2) is 5.59. The molecule has 0 bridgehead atoms. The van der Waals surface area contributed by atoms with E-state index in [4.69, 9.17) is 10.2 Å². The fraction of sp³-hybridized carbons (Fsp3) is 0.0833. The summed E-state index contributed by atoms with van der Waals surface area (Å²) >= 11 is 3.24. The van der Waals surface area contributed by atoms with Crippen molar-refractivity contribution in [3.8, 4) is 0 Å². The van der Waals surface area contributed by atoms with Gasteiger partial charge in [0, 0.05) is 11.4 Å². The summed E-state index contributed by atoms with van der Waals surface area (Å²) in [7, 11) is 0. The van der Waals surface area contributed by atoms with Gasteiger partial charge < -0.3 is 20.8 Å². The van der Waals surface area contributed by atoms with E-state index in [9.17, 15) is 4.79 Å². The van der Waals surface area contributed by atoms with Crippen molar-refractivity contribution in [2.24, 2.45) is 5.73 Å². The molecule has 0 unspecified atom stereocenters. The van der Waals surface area contributed by atoms with Crippen molar-refractivity contribution < 1.29 is 9.21 Å². The Morgan fingerprint density at radius 2 is 2.06 bits per heavy atom. The van der Waals surface area contributed by atoms with E-state index in [1.807, 2.05) is 24.3 Å². The number of furan rings is 1. The first kappa shape index (κ1) is 12.5. The predicted octanol–water partition coefficient (Wildman–Crippen LogP) is 3.14. The molecule has 6 heteroatoms. The highest BCUT2D eigenvalue weighted by Crippen LogP contribution is 2.18. The zero-order valence-corrected chi connectivity index (χ0v) is 11.0. The van der Waals surface area contributed by atoms with E-state index in [2.05, 4.69) is 26.6 Å². The first-order chi connectivity index (χ1) is 8.63. The number of urea groups is 1. The maximum atomic E-state index is 10.7. The molecule has 1 heterocycles. The van der Waals surface area contributed by atoms with Crippen molar-refractivity contribution in [1.82, 2.24) is 0 Å². The molecular formula is C12H12BrN3O2. The molecule has 5 nitrogen and oxygen atoms in total. The minimum atomic E-state index is -0.581. The SMILES string of the molecule is NC(=O)Nc1cccc(NCc2ccc(Br)o2)c1. The summed E-state index contributed by atoms with van der Waals surface area (Å²) in [6.45, 7) is 0.561. The summed E-state index contributed by atoms with van der Waals surface area (Å²) < 4.78 is 6.06. The number of carbonyl (C=O) groups is 1. The normalized spacial score (nSPS) is 10.1. The quantitative estimate of drug-likeness (QED) is 0.811. The van der Waals surface area contributed by atoms with Gasteiger partial charge in [0.05, 0.1) is 6.54 Å². The van der Waals surface area contributed by atoms with E-state index in [1.54, 1.807) is 12.1 Å². The van der Waals surface area contributed by atoms with Gasteiger partial charge in [-0.25, -0.2) is 4.79 Å². The van der Waals surface area contributed by atoms with E-state index in [0.717, 1.165) is 11.4 Å². The van der Waals surface area contributed by atoms with Crippen LogP contribution in [-0.4, -0.2) is 6.03 Å². The van der Waals surface area contributed by atoms with Crippen molar-refractivity contribution in [1.29, 1.82) is 0 Å². The van der Waals surface area contributed by atoms with E-state index < -0.39 is 6.03 Å². The van der Waals surface area contributed by atoms with Gasteiger partial charge in [-0.05, 0) is 46.3 Å². The molecular weight excluding hydrogens is 298 g/mol. The summed E-state index contributed by atoms with van der Waals surface area (Å²) in [5.74, 6) is 0.815. The van der Waals surface area contributed by atoms with Crippen LogP contribution in [0.3, 0.4) is 0 Å². The number of hydrogen-bond donors (Lipinski definition) is 3. The van der Waals surface area contributed by atoms with Gasteiger partial charge in [-0.1, -0.05) is 6.07 Å². The van der Waals surface area contributed by atoms with E-state index in [0.29, 0.717) is 16.9 Å². The smallest absolute Gasteiger partial charge is 0.316 e. The molecule has 2 aromatic rings.